The smallest absolute Gasteiger partial charge is 0.226 e. The van der Waals surface area contributed by atoms with Crippen LogP contribution in [0.4, 0.5) is 0 Å². The Balaban J connectivity index is 1.37. The van der Waals surface area contributed by atoms with Gasteiger partial charge < -0.3 is 15.2 Å². The van der Waals surface area contributed by atoms with E-state index < -0.39 is 0 Å². The van der Waals surface area contributed by atoms with Crippen molar-refractivity contribution in [2.24, 2.45) is 17.3 Å². The molecule has 0 radical (unpaired) electrons. The average molecular weight is 395 g/mol. The molecule has 4 bridgehead atoms. The zero-order valence-electron chi connectivity index (χ0n) is 17.3. The number of amides is 2. The number of aryl methyl sites for hydroxylation is 1. The lowest BCUT2D eigenvalue weighted by Crippen LogP contribution is -2.65. The molecule has 6 nitrogen and oxygen atoms in total. The maximum Gasteiger partial charge on any atom is 0.226 e. The van der Waals surface area contributed by atoms with Crippen LogP contribution < -0.4 is 10.6 Å². The van der Waals surface area contributed by atoms with E-state index in [0.29, 0.717) is 18.4 Å². The van der Waals surface area contributed by atoms with Gasteiger partial charge in [-0.15, -0.1) is 0 Å². The molecule has 0 aliphatic heterocycles. The lowest BCUT2D eigenvalue weighted by Gasteiger charge is -2.61. The molecular weight excluding hydrogens is 364 g/mol. The van der Waals surface area contributed by atoms with Crippen LogP contribution in [-0.4, -0.2) is 26.9 Å². The van der Waals surface area contributed by atoms with E-state index in [0.717, 1.165) is 55.5 Å². The van der Waals surface area contributed by atoms with Gasteiger partial charge in [-0.1, -0.05) is 12.1 Å². The first kappa shape index (κ1) is 18.6. The Morgan fingerprint density at radius 3 is 2.59 bits per heavy atom. The SMILES string of the molecule is CCn1c(CNC(=O)C23C[C@@H]4C[C@@H](CC(NC(C)=O)(C4)C2)C3)nc2ccccc21. The lowest BCUT2D eigenvalue weighted by atomic mass is 9.46. The van der Waals surface area contributed by atoms with Crippen molar-refractivity contribution in [2.45, 2.75) is 71.0 Å². The molecule has 2 aromatic rings. The highest BCUT2D eigenvalue weighted by Gasteiger charge is 2.60. The highest BCUT2D eigenvalue weighted by Crippen LogP contribution is 2.61. The fourth-order valence-corrected chi connectivity index (χ4v) is 7.01. The van der Waals surface area contributed by atoms with Gasteiger partial charge in [0.25, 0.3) is 0 Å². The number of aromatic nitrogens is 2. The van der Waals surface area contributed by atoms with E-state index in [1.165, 1.54) is 6.42 Å². The number of para-hydroxylation sites is 2. The Hall–Kier alpha value is -2.37. The lowest BCUT2D eigenvalue weighted by molar-refractivity contribution is -0.153. The van der Waals surface area contributed by atoms with Gasteiger partial charge in [0.2, 0.25) is 11.8 Å². The van der Waals surface area contributed by atoms with Crippen LogP contribution in [0.5, 0.6) is 0 Å². The van der Waals surface area contributed by atoms with Crippen molar-refractivity contribution in [3.05, 3.63) is 30.1 Å². The molecule has 4 aliphatic carbocycles. The van der Waals surface area contributed by atoms with E-state index in [2.05, 4.69) is 28.2 Å². The summed E-state index contributed by atoms with van der Waals surface area (Å²) in [4.78, 5) is 30.0. The number of imidazole rings is 1. The largest absolute Gasteiger partial charge is 0.351 e. The first-order chi connectivity index (χ1) is 13.9. The molecule has 1 aromatic carbocycles. The first-order valence-corrected chi connectivity index (χ1v) is 10.9. The van der Waals surface area contributed by atoms with Crippen molar-refractivity contribution in [1.29, 1.82) is 0 Å². The normalized spacial score (nSPS) is 32.5. The zero-order valence-corrected chi connectivity index (χ0v) is 17.3. The molecule has 2 amide bonds. The molecule has 4 saturated carbocycles. The van der Waals surface area contributed by atoms with Gasteiger partial charge in [0.05, 0.1) is 23.0 Å². The molecule has 0 spiro atoms. The Kier molecular flexibility index (Phi) is 4.23. The fraction of sp³-hybridized carbons (Fsp3) is 0.609. The monoisotopic (exact) mass is 394 g/mol. The second-order valence-corrected chi connectivity index (χ2v) is 9.65. The van der Waals surface area contributed by atoms with Crippen molar-refractivity contribution in [3.8, 4) is 0 Å². The van der Waals surface area contributed by atoms with Crippen LogP contribution in [0.1, 0.15) is 58.2 Å². The molecule has 1 heterocycles. The fourth-order valence-electron chi connectivity index (χ4n) is 7.01. The van der Waals surface area contributed by atoms with E-state index in [9.17, 15) is 9.59 Å². The number of hydrogen-bond donors (Lipinski definition) is 2. The molecule has 6 heteroatoms. The Bertz CT molecular complexity index is 964. The summed E-state index contributed by atoms with van der Waals surface area (Å²) < 4.78 is 2.17. The summed E-state index contributed by atoms with van der Waals surface area (Å²) in [7, 11) is 0. The number of carbonyl (C=O) groups is 2. The molecule has 4 aliphatic rings. The van der Waals surface area contributed by atoms with Crippen molar-refractivity contribution < 1.29 is 9.59 Å². The standard InChI is InChI=1S/C23H30N4O2/c1-3-27-19-7-5-4-6-18(19)25-20(27)13-24-21(29)22-9-16-8-17(10-22)12-23(11-16,14-22)26-15(2)28/h4-7,16-17H,3,8-14H2,1-2H3,(H,24,29)(H,26,28)/t16-,17+,22?,23?. The molecule has 2 unspecified atom stereocenters. The van der Waals surface area contributed by atoms with Crippen LogP contribution in [-0.2, 0) is 22.7 Å². The van der Waals surface area contributed by atoms with Crippen LogP contribution >= 0.6 is 0 Å². The number of fused-ring (bicyclic) bond motifs is 1. The maximum absolute atomic E-state index is 13.5. The summed E-state index contributed by atoms with van der Waals surface area (Å²) in [5, 5.41) is 6.47. The predicted octanol–water partition coefficient (Wildman–Crippen LogP) is 3.15. The summed E-state index contributed by atoms with van der Waals surface area (Å²) in [6.07, 6.45) is 5.97. The van der Waals surface area contributed by atoms with Gasteiger partial charge >= 0.3 is 0 Å². The topological polar surface area (TPSA) is 76.0 Å². The van der Waals surface area contributed by atoms with Gasteiger partial charge in [-0.25, -0.2) is 4.98 Å². The molecule has 6 rings (SSSR count). The van der Waals surface area contributed by atoms with Crippen LogP contribution in [0.15, 0.2) is 24.3 Å². The van der Waals surface area contributed by atoms with Crippen LogP contribution in [0.2, 0.25) is 0 Å². The van der Waals surface area contributed by atoms with Gasteiger partial charge in [-0.3, -0.25) is 9.59 Å². The van der Waals surface area contributed by atoms with Gasteiger partial charge in [0, 0.05) is 19.0 Å². The Morgan fingerprint density at radius 1 is 1.17 bits per heavy atom. The number of rotatable bonds is 5. The number of nitrogens with one attached hydrogen (secondary N) is 2. The molecule has 0 saturated heterocycles. The number of benzene rings is 1. The van der Waals surface area contributed by atoms with E-state index in [-0.39, 0.29) is 22.8 Å². The summed E-state index contributed by atoms with van der Waals surface area (Å²) >= 11 is 0. The summed E-state index contributed by atoms with van der Waals surface area (Å²) in [6.45, 7) is 4.98. The first-order valence-electron chi connectivity index (χ1n) is 10.9. The molecule has 154 valence electrons. The third-order valence-corrected chi connectivity index (χ3v) is 7.44. The number of carbonyl (C=O) groups excluding carboxylic acids is 2. The van der Waals surface area contributed by atoms with E-state index >= 15 is 0 Å². The van der Waals surface area contributed by atoms with Crippen molar-refractivity contribution in [1.82, 2.24) is 20.2 Å². The minimum absolute atomic E-state index is 0.0270. The third kappa shape index (κ3) is 3.04. The van der Waals surface area contributed by atoms with Crippen molar-refractivity contribution >= 4 is 22.8 Å². The molecule has 2 N–H and O–H groups in total. The van der Waals surface area contributed by atoms with Gasteiger partial charge in [0.1, 0.15) is 5.82 Å². The second-order valence-electron chi connectivity index (χ2n) is 9.65. The molecule has 4 fully saturated rings. The van der Waals surface area contributed by atoms with Gasteiger partial charge in [-0.05, 0) is 69.4 Å². The maximum atomic E-state index is 13.5. The Morgan fingerprint density at radius 2 is 1.90 bits per heavy atom. The molecule has 1 aromatic heterocycles. The Labute approximate surface area is 171 Å². The number of nitrogens with zero attached hydrogens (tertiary/aromatic N) is 2. The molecular formula is C23H30N4O2. The summed E-state index contributed by atoms with van der Waals surface area (Å²) in [5.74, 6) is 2.18. The average Bonchev–Trinajstić information content (AvgIpc) is 3.01. The highest BCUT2D eigenvalue weighted by molar-refractivity contribution is 5.84. The van der Waals surface area contributed by atoms with Crippen LogP contribution in [0.3, 0.4) is 0 Å². The second kappa shape index (κ2) is 6.57. The predicted molar refractivity (Wildman–Crippen MR) is 111 cm³/mol. The van der Waals surface area contributed by atoms with Crippen molar-refractivity contribution in [2.75, 3.05) is 0 Å². The van der Waals surface area contributed by atoms with Crippen LogP contribution in [0, 0.1) is 17.3 Å². The molecule has 29 heavy (non-hydrogen) atoms. The highest BCUT2D eigenvalue weighted by atomic mass is 16.2. The van der Waals surface area contributed by atoms with Crippen molar-refractivity contribution in [3.63, 3.8) is 0 Å². The van der Waals surface area contributed by atoms with Gasteiger partial charge in [-0.2, -0.15) is 0 Å². The zero-order chi connectivity index (χ0) is 20.2. The summed E-state index contributed by atoms with van der Waals surface area (Å²) in [5.41, 5.74) is 1.57. The number of hydrogen-bond acceptors (Lipinski definition) is 3. The third-order valence-electron chi connectivity index (χ3n) is 7.44. The minimum Gasteiger partial charge on any atom is -0.351 e. The molecule has 4 atom stereocenters. The van der Waals surface area contributed by atoms with E-state index in [1.807, 2.05) is 18.2 Å². The van der Waals surface area contributed by atoms with E-state index in [1.54, 1.807) is 6.92 Å². The van der Waals surface area contributed by atoms with Gasteiger partial charge in [0.15, 0.2) is 0 Å². The quantitative estimate of drug-likeness (QED) is 0.818. The minimum atomic E-state index is -0.338. The summed E-state index contributed by atoms with van der Waals surface area (Å²) in [6, 6.07) is 8.11. The van der Waals surface area contributed by atoms with Crippen LogP contribution in [0.25, 0.3) is 11.0 Å². The van der Waals surface area contributed by atoms with E-state index in [4.69, 9.17) is 4.98 Å².